The number of nitrogens with one attached hydrogen (secondary N) is 3. The summed E-state index contributed by atoms with van der Waals surface area (Å²) < 4.78 is 0. The van der Waals surface area contributed by atoms with Crippen molar-refractivity contribution < 1.29 is 0 Å². The first-order chi connectivity index (χ1) is 7.43. The molecule has 6 heteroatoms. The summed E-state index contributed by atoms with van der Waals surface area (Å²) >= 11 is 0. The van der Waals surface area contributed by atoms with Gasteiger partial charge in [0.25, 0.3) is 0 Å². The third-order valence-corrected chi connectivity index (χ3v) is 3.17. The molecule has 0 bridgehead atoms. The summed E-state index contributed by atoms with van der Waals surface area (Å²) in [5, 5.41) is 17.7. The maximum absolute atomic E-state index is 4.11. The van der Waals surface area contributed by atoms with Gasteiger partial charge in [0.15, 0.2) is 5.82 Å². The van der Waals surface area contributed by atoms with Gasteiger partial charge in [-0.05, 0) is 12.8 Å². The van der Waals surface area contributed by atoms with Crippen molar-refractivity contribution in [2.75, 3.05) is 31.5 Å². The van der Waals surface area contributed by atoms with Crippen LogP contribution < -0.4 is 10.6 Å². The molecule has 82 valence electrons. The Morgan fingerprint density at radius 1 is 1.20 bits per heavy atom. The van der Waals surface area contributed by atoms with Crippen molar-refractivity contribution >= 4 is 5.82 Å². The van der Waals surface area contributed by atoms with Crippen molar-refractivity contribution in [3.05, 3.63) is 5.69 Å². The van der Waals surface area contributed by atoms with Gasteiger partial charge in [0.1, 0.15) is 5.69 Å². The number of hydrogen-bond acceptors (Lipinski definition) is 5. The van der Waals surface area contributed by atoms with E-state index in [1.54, 1.807) is 0 Å². The Morgan fingerprint density at radius 2 is 2.07 bits per heavy atom. The second kappa shape index (κ2) is 3.79. The molecule has 3 rings (SSSR count). The number of aryl methyl sites for hydroxylation is 1. The molecule has 0 radical (unpaired) electrons. The molecule has 3 heterocycles. The number of anilines is 1. The van der Waals surface area contributed by atoms with Crippen LogP contribution in [-0.2, 0) is 6.42 Å². The summed E-state index contributed by atoms with van der Waals surface area (Å²) in [5.74, 6) is 0.935. The van der Waals surface area contributed by atoms with Crippen LogP contribution in [0.5, 0.6) is 0 Å². The third-order valence-electron chi connectivity index (χ3n) is 3.17. The number of piperazine rings is 1. The van der Waals surface area contributed by atoms with Gasteiger partial charge in [-0.25, -0.2) is 0 Å². The summed E-state index contributed by atoms with van der Waals surface area (Å²) in [6.45, 7) is 4.41. The van der Waals surface area contributed by atoms with E-state index in [1.807, 2.05) is 0 Å². The van der Waals surface area contributed by atoms with Gasteiger partial charge in [-0.3, -0.25) is 4.90 Å². The molecule has 1 atom stereocenters. The van der Waals surface area contributed by atoms with Crippen molar-refractivity contribution in [1.82, 2.24) is 25.6 Å². The lowest BCUT2D eigenvalue weighted by atomic mass is 10.1. The predicted molar refractivity (Wildman–Crippen MR) is 56.6 cm³/mol. The standard InChI is InChI=1S/C9H16N6/c1-2-8(15-5-3-10-4-6-15)11-9-7(1)12-14-13-9/h8,10H,1-6H2,(H2,11,12,13,14). The number of hydrogen-bond donors (Lipinski definition) is 3. The fourth-order valence-electron chi connectivity index (χ4n) is 2.31. The SMILES string of the molecule is C1CN(C2CCc3n[nH]nc3N2)CCN1. The molecule has 1 unspecified atom stereocenters. The lowest BCUT2D eigenvalue weighted by molar-refractivity contribution is 0.179. The molecule has 15 heavy (non-hydrogen) atoms. The third kappa shape index (κ3) is 1.70. The summed E-state index contributed by atoms with van der Waals surface area (Å²) in [5.41, 5.74) is 1.07. The molecule has 0 saturated carbocycles. The average molecular weight is 208 g/mol. The topological polar surface area (TPSA) is 68.9 Å². The van der Waals surface area contributed by atoms with Crippen LogP contribution in [0.4, 0.5) is 5.82 Å². The second-order valence-corrected chi connectivity index (χ2v) is 4.10. The summed E-state index contributed by atoms with van der Waals surface area (Å²) in [7, 11) is 0. The minimum atomic E-state index is 0.435. The van der Waals surface area contributed by atoms with Crippen LogP contribution in [0.2, 0.25) is 0 Å². The highest BCUT2D eigenvalue weighted by Crippen LogP contribution is 2.21. The van der Waals surface area contributed by atoms with Crippen molar-refractivity contribution in [2.24, 2.45) is 0 Å². The Labute approximate surface area is 88.4 Å². The van der Waals surface area contributed by atoms with E-state index in [1.165, 1.54) is 0 Å². The summed E-state index contributed by atoms with van der Waals surface area (Å²) in [6, 6.07) is 0. The molecule has 6 nitrogen and oxygen atoms in total. The molecule has 0 aromatic carbocycles. The Kier molecular flexibility index (Phi) is 2.30. The lowest BCUT2D eigenvalue weighted by Gasteiger charge is -2.37. The van der Waals surface area contributed by atoms with E-state index < -0.39 is 0 Å². The van der Waals surface area contributed by atoms with E-state index in [-0.39, 0.29) is 0 Å². The largest absolute Gasteiger partial charge is 0.351 e. The van der Waals surface area contributed by atoms with Gasteiger partial charge in [0.2, 0.25) is 0 Å². The molecule has 0 amide bonds. The smallest absolute Gasteiger partial charge is 0.172 e. The first-order valence-electron chi connectivity index (χ1n) is 5.54. The van der Waals surface area contributed by atoms with Gasteiger partial charge < -0.3 is 10.6 Å². The van der Waals surface area contributed by atoms with Gasteiger partial charge in [-0.2, -0.15) is 10.3 Å². The van der Waals surface area contributed by atoms with E-state index in [0.717, 1.165) is 50.5 Å². The Balaban J connectivity index is 1.69. The van der Waals surface area contributed by atoms with E-state index in [4.69, 9.17) is 0 Å². The van der Waals surface area contributed by atoms with Gasteiger partial charge in [0, 0.05) is 26.2 Å². The number of H-pyrrole nitrogens is 1. The van der Waals surface area contributed by atoms with Gasteiger partial charge >= 0.3 is 0 Å². The quantitative estimate of drug-likeness (QED) is 0.574. The Morgan fingerprint density at radius 3 is 2.93 bits per heavy atom. The molecule has 0 aliphatic carbocycles. The van der Waals surface area contributed by atoms with E-state index >= 15 is 0 Å². The van der Waals surface area contributed by atoms with E-state index in [9.17, 15) is 0 Å². The van der Waals surface area contributed by atoms with Crippen molar-refractivity contribution in [3.63, 3.8) is 0 Å². The van der Waals surface area contributed by atoms with Gasteiger partial charge in [-0.15, -0.1) is 5.10 Å². The van der Waals surface area contributed by atoms with Crippen LogP contribution in [0.3, 0.4) is 0 Å². The number of aromatic amines is 1. The first kappa shape index (κ1) is 9.11. The van der Waals surface area contributed by atoms with Gasteiger partial charge in [-0.1, -0.05) is 0 Å². The fraction of sp³-hybridized carbons (Fsp3) is 0.778. The maximum Gasteiger partial charge on any atom is 0.172 e. The van der Waals surface area contributed by atoms with E-state index in [0.29, 0.717) is 6.17 Å². The molecular weight excluding hydrogens is 192 g/mol. The Bertz CT molecular complexity index is 329. The molecule has 1 fully saturated rings. The van der Waals surface area contributed by atoms with Crippen molar-refractivity contribution in [2.45, 2.75) is 19.0 Å². The predicted octanol–water partition coefficient (Wildman–Crippen LogP) is -0.606. The monoisotopic (exact) mass is 208 g/mol. The lowest BCUT2D eigenvalue weighted by Crippen LogP contribution is -2.52. The molecule has 1 saturated heterocycles. The number of aromatic nitrogens is 3. The fourth-order valence-corrected chi connectivity index (χ4v) is 2.31. The van der Waals surface area contributed by atoms with E-state index in [2.05, 4.69) is 30.9 Å². The highest BCUT2D eigenvalue weighted by Gasteiger charge is 2.26. The molecule has 1 aromatic heterocycles. The van der Waals surface area contributed by atoms with Crippen LogP contribution in [0, 0.1) is 0 Å². The minimum Gasteiger partial charge on any atom is -0.351 e. The highest BCUT2D eigenvalue weighted by molar-refractivity contribution is 5.41. The molecule has 0 spiro atoms. The summed E-state index contributed by atoms with van der Waals surface area (Å²) in [4.78, 5) is 2.48. The number of nitrogens with zero attached hydrogens (tertiary/aromatic N) is 3. The van der Waals surface area contributed by atoms with Crippen LogP contribution in [-0.4, -0.2) is 52.7 Å². The maximum atomic E-state index is 4.11. The molecule has 2 aliphatic heterocycles. The average Bonchev–Trinajstić information content (AvgIpc) is 2.77. The van der Waals surface area contributed by atoms with Crippen LogP contribution in [0.1, 0.15) is 12.1 Å². The molecule has 3 N–H and O–H groups in total. The normalized spacial score (nSPS) is 27.1. The zero-order chi connectivity index (χ0) is 10.1. The van der Waals surface area contributed by atoms with Crippen LogP contribution >= 0.6 is 0 Å². The zero-order valence-corrected chi connectivity index (χ0v) is 8.66. The molecule has 2 aliphatic rings. The van der Waals surface area contributed by atoms with Crippen LogP contribution in [0.25, 0.3) is 0 Å². The second-order valence-electron chi connectivity index (χ2n) is 4.10. The molecule has 1 aromatic rings. The molecular formula is C9H16N6. The zero-order valence-electron chi connectivity index (χ0n) is 8.66. The first-order valence-corrected chi connectivity index (χ1v) is 5.54. The minimum absolute atomic E-state index is 0.435. The van der Waals surface area contributed by atoms with Crippen molar-refractivity contribution in [3.8, 4) is 0 Å². The number of rotatable bonds is 1. The highest BCUT2D eigenvalue weighted by atomic mass is 15.4. The van der Waals surface area contributed by atoms with Crippen LogP contribution in [0.15, 0.2) is 0 Å². The van der Waals surface area contributed by atoms with Gasteiger partial charge in [0.05, 0.1) is 6.17 Å². The summed E-state index contributed by atoms with van der Waals surface area (Å²) in [6.07, 6.45) is 2.58. The Hall–Kier alpha value is -1.14. The number of fused-ring (bicyclic) bond motifs is 1. The van der Waals surface area contributed by atoms with Crippen molar-refractivity contribution in [1.29, 1.82) is 0 Å².